The van der Waals surface area contributed by atoms with Gasteiger partial charge in [0.2, 0.25) is 0 Å². The van der Waals surface area contributed by atoms with Gasteiger partial charge in [-0.25, -0.2) is 0 Å². The maximum absolute atomic E-state index is 9.36. The Kier molecular flexibility index (Phi) is 4.92. The molecule has 0 aromatic heterocycles. The number of thioether (sulfide) groups is 1. The summed E-state index contributed by atoms with van der Waals surface area (Å²) in [6, 6.07) is 12.2. The molecule has 0 aliphatic carbocycles. The molecule has 0 aliphatic rings. The van der Waals surface area contributed by atoms with Crippen LogP contribution in [0.3, 0.4) is 0 Å². The number of hydrogen-bond donors (Lipinski definition) is 1. The first-order chi connectivity index (χ1) is 9.10. The Hall–Kier alpha value is -0.960. The smallest absolute Gasteiger partial charge is 0.0693 e. The van der Waals surface area contributed by atoms with Gasteiger partial charge in [0.05, 0.1) is 11.6 Å². The molecule has 0 saturated carbocycles. The number of benzene rings is 2. The van der Waals surface area contributed by atoms with Crippen molar-refractivity contribution >= 4 is 23.4 Å². The monoisotopic (exact) mass is 292 g/mol. The van der Waals surface area contributed by atoms with E-state index in [1.54, 1.807) is 11.8 Å². The average Bonchev–Trinajstić information content (AvgIpc) is 2.36. The van der Waals surface area contributed by atoms with Crippen LogP contribution in [0.1, 0.15) is 22.3 Å². The largest absolute Gasteiger partial charge is 0.392 e. The van der Waals surface area contributed by atoms with E-state index in [0.29, 0.717) is 5.02 Å². The van der Waals surface area contributed by atoms with Crippen molar-refractivity contribution in [1.29, 1.82) is 0 Å². The summed E-state index contributed by atoms with van der Waals surface area (Å²) in [7, 11) is 0. The van der Waals surface area contributed by atoms with Gasteiger partial charge in [-0.15, -0.1) is 11.8 Å². The lowest BCUT2D eigenvalue weighted by molar-refractivity contribution is 0.279. The molecule has 0 unspecified atom stereocenters. The minimum absolute atomic E-state index is 0.0236. The first-order valence-corrected chi connectivity index (χ1v) is 7.54. The number of hydrogen-bond acceptors (Lipinski definition) is 2. The highest BCUT2D eigenvalue weighted by Gasteiger charge is 2.07. The second kappa shape index (κ2) is 6.47. The van der Waals surface area contributed by atoms with Crippen LogP contribution in [0.4, 0.5) is 0 Å². The first-order valence-electron chi connectivity index (χ1n) is 6.18. The molecule has 0 radical (unpaired) electrons. The first kappa shape index (κ1) is 14.4. The van der Waals surface area contributed by atoms with Crippen LogP contribution in [0.2, 0.25) is 5.02 Å². The van der Waals surface area contributed by atoms with Gasteiger partial charge in [-0.1, -0.05) is 53.1 Å². The van der Waals surface area contributed by atoms with Gasteiger partial charge in [0.25, 0.3) is 0 Å². The maximum atomic E-state index is 9.36. The summed E-state index contributed by atoms with van der Waals surface area (Å²) in [5.41, 5.74) is 4.72. The minimum atomic E-state index is 0.0236. The molecule has 0 bridgehead atoms. The lowest BCUT2D eigenvalue weighted by Gasteiger charge is -2.10. The maximum Gasteiger partial charge on any atom is 0.0693 e. The van der Waals surface area contributed by atoms with Crippen molar-refractivity contribution in [1.82, 2.24) is 0 Å². The summed E-state index contributed by atoms with van der Waals surface area (Å²) in [6.45, 7) is 4.24. The second-order valence-electron chi connectivity index (χ2n) is 4.67. The Morgan fingerprint density at radius 2 is 1.79 bits per heavy atom. The molecule has 3 heteroatoms. The molecule has 0 atom stereocenters. The van der Waals surface area contributed by atoms with E-state index in [2.05, 4.69) is 32.0 Å². The van der Waals surface area contributed by atoms with E-state index in [4.69, 9.17) is 11.6 Å². The number of aliphatic hydroxyl groups excluding tert-OH is 1. The molecular weight excluding hydrogens is 276 g/mol. The predicted molar refractivity (Wildman–Crippen MR) is 82.9 cm³/mol. The van der Waals surface area contributed by atoms with Gasteiger partial charge < -0.3 is 5.11 Å². The molecule has 2 aromatic carbocycles. The molecule has 0 spiro atoms. The Bertz CT molecular complexity index is 561. The van der Waals surface area contributed by atoms with Crippen molar-refractivity contribution in [3.05, 3.63) is 63.7 Å². The van der Waals surface area contributed by atoms with Crippen molar-refractivity contribution in [2.45, 2.75) is 31.1 Å². The van der Waals surface area contributed by atoms with E-state index < -0.39 is 0 Å². The number of halogens is 1. The van der Waals surface area contributed by atoms with E-state index in [0.717, 1.165) is 16.2 Å². The van der Waals surface area contributed by atoms with Crippen LogP contribution in [0, 0.1) is 13.8 Å². The van der Waals surface area contributed by atoms with Crippen LogP contribution in [-0.2, 0) is 12.4 Å². The molecule has 100 valence electrons. The normalized spacial score (nSPS) is 10.7. The summed E-state index contributed by atoms with van der Waals surface area (Å²) >= 11 is 7.88. The summed E-state index contributed by atoms with van der Waals surface area (Å²) in [6.07, 6.45) is 0. The predicted octanol–water partition coefficient (Wildman–Crippen LogP) is 4.74. The third-order valence-corrected chi connectivity index (χ3v) is 4.56. The second-order valence-corrected chi connectivity index (χ2v) is 6.06. The van der Waals surface area contributed by atoms with Crippen LogP contribution in [-0.4, -0.2) is 5.11 Å². The Balaban J connectivity index is 2.18. The van der Waals surface area contributed by atoms with Crippen LogP contribution in [0.15, 0.2) is 41.3 Å². The van der Waals surface area contributed by atoms with Crippen LogP contribution < -0.4 is 0 Å². The molecule has 0 fully saturated rings. The molecule has 2 aromatic rings. The zero-order chi connectivity index (χ0) is 13.8. The fraction of sp³-hybridized carbons (Fsp3) is 0.250. The highest BCUT2D eigenvalue weighted by molar-refractivity contribution is 7.98. The minimum Gasteiger partial charge on any atom is -0.392 e. The topological polar surface area (TPSA) is 20.2 Å². The zero-order valence-electron chi connectivity index (χ0n) is 11.1. The third kappa shape index (κ3) is 3.75. The number of aliphatic hydroxyl groups is 1. The lowest BCUT2D eigenvalue weighted by Crippen LogP contribution is -1.90. The van der Waals surface area contributed by atoms with Gasteiger partial charge in [0, 0.05) is 10.6 Å². The zero-order valence-corrected chi connectivity index (χ0v) is 12.7. The van der Waals surface area contributed by atoms with Gasteiger partial charge in [-0.2, -0.15) is 0 Å². The SMILES string of the molecule is Cc1cc(C)cc(CSc2c(Cl)cccc2CO)c1. The van der Waals surface area contributed by atoms with E-state index in [9.17, 15) is 5.11 Å². The van der Waals surface area contributed by atoms with E-state index in [-0.39, 0.29) is 6.61 Å². The van der Waals surface area contributed by atoms with E-state index in [1.165, 1.54) is 16.7 Å². The molecule has 0 aliphatic heterocycles. The average molecular weight is 293 g/mol. The quantitative estimate of drug-likeness (QED) is 0.821. The highest BCUT2D eigenvalue weighted by atomic mass is 35.5. The summed E-state index contributed by atoms with van der Waals surface area (Å²) < 4.78 is 0. The third-order valence-electron chi connectivity index (χ3n) is 2.88. The molecule has 1 N–H and O–H groups in total. The molecule has 0 saturated heterocycles. The van der Waals surface area contributed by atoms with Crippen molar-refractivity contribution in [2.24, 2.45) is 0 Å². The van der Waals surface area contributed by atoms with Crippen molar-refractivity contribution in [3.63, 3.8) is 0 Å². The summed E-state index contributed by atoms with van der Waals surface area (Å²) in [5, 5.41) is 10.1. The van der Waals surface area contributed by atoms with Crippen LogP contribution >= 0.6 is 23.4 Å². The fourth-order valence-corrected chi connectivity index (χ4v) is 3.51. The molecular formula is C16H17ClOS. The van der Waals surface area contributed by atoms with Gasteiger partial charge in [0.15, 0.2) is 0 Å². The lowest BCUT2D eigenvalue weighted by atomic mass is 10.1. The van der Waals surface area contributed by atoms with E-state index >= 15 is 0 Å². The molecule has 19 heavy (non-hydrogen) atoms. The summed E-state index contributed by atoms with van der Waals surface area (Å²) in [5.74, 6) is 0.860. The molecule has 2 rings (SSSR count). The van der Waals surface area contributed by atoms with Crippen molar-refractivity contribution < 1.29 is 5.11 Å². The Morgan fingerprint density at radius 1 is 1.11 bits per heavy atom. The fourth-order valence-electron chi connectivity index (χ4n) is 2.15. The van der Waals surface area contributed by atoms with Crippen molar-refractivity contribution in [2.75, 3.05) is 0 Å². The molecule has 0 amide bonds. The highest BCUT2D eigenvalue weighted by Crippen LogP contribution is 2.33. The van der Waals surface area contributed by atoms with Crippen LogP contribution in [0.5, 0.6) is 0 Å². The van der Waals surface area contributed by atoms with Gasteiger partial charge in [0.1, 0.15) is 0 Å². The molecule has 0 heterocycles. The Morgan fingerprint density at radius 3 is 2.42 bits per heavy atom. The summed E-state index contributed by atoms with van der Waals surface area (Å²) in [4.78, 5) is 0.978. The van der Waals surface area contributed by atoms with Crippen molar-refractivity contribution in [3.8, 4) is 0 Å². The van der Waals surface area contributed by atoms with Gasteiger partial charge in [-0.3, -0.25) is 0 Å². The van der Waals surface area contributed by atoms with E-state index in [1.807, 2.05) is 18.2 Å². The van der Waals surface area contributed by atoms with Crippen LogP contribution in [0.25, 0.3) is 0 Å². The standard InChI is InChI=1S/C16H17ClOS/c1-11-6-12(2)8-13(7-11)10-19-16-14(9-18)4-3-5-15(16)17/h3-8,18H,9-10H2,1-2H3. The number of aryl methyl sites for hydroxylation is 2. The molecule has 1 nitrogen and oxygen atoms in total. The number of rotatable bonds is 4. The Labute approximate surface area is 123 Å². The van der Waals surface area contributed by atoms with Gasteiger partial charge >= 0.3 is 0 Å². The van der Waals surface area contributed by atoms with Gasteiger partial charge in [-0.05, 0) is 31.0 Å².